The summed E-state index contributed by atoms with van der Waals surface area (Å²) in [6.07, 6.45) is 0. The molecule has 0 bridgehead atoms. The van der Waals surface area contributed by atoms with E-state index < -0.39 is 0 Å². The molecule has 2 heterocycles. The summed E-state index contributed by atoms with van der Waals surface area (Å²) in [5, 5.41) is 10.2. The molecule has 2 rings (SSSR count). The second-order valence-electron chi connectivity index (χ2n) is 1.80. The first-order valence-corrected chi connectivity index (χ1v) is 3.49. The van der Waals surface area contributed by atoms with Crippen LogP contribution in [0.4, 0.5) is 0 Å². The Labute approximate surface area is 55.9 Å². The highest BCUT2D eigenvalue weighted by Gasteiger charge is 1.97. The van der Waals surface area contributed by atoms with Crippen LogP contribution in [0.25, 0.3) is 10.3 Å². The van der Waals surface area contributed by atoms with Gasteiger partial charge < -0.3 is 0 Å². The molecular weight excluding hydrogens is 134 g/mol. The van der Waals surface area contributed by atoms with Crippen LogP contribution in [0.2, 0.25) is 0 Å². The molecule has 0 atom stereocenters. The maximum Gasteiger partial charge on any atom is 0.165 e. The number of hydrogen-bond donors (Lipinski definition) is 0. The zero-order chi connectivity index (χ0) is 6.27. The van der Waals surface area contributed by atoms with Gasteiger partial charge in [0.2, 0.25) is 0 Å². The highest BCUT2D eigenvalue weighted by Crippen LogP contribution is 2.14. The third kappa shape index (κ3) is 0.632. The maximum absolute atomic E-state index is 4.10. The molecule has 0 spiro atoms. The number of aryl methyl sites for hydroxylation is 1. The lowest BCUT2D eigenvalue weighted by atomic mass is 10.6. The van der Waals surface area contributed by atoms with Gasteiger partial charge in [-0.05, 0) is 11.4 Å². The number of nitrogens with zero attached hydrogens (tertiary/aromatic N) is 3. The third-order valence-electron chi connectivity index (χ3n) is 1.11. The number of hydrogen-bond acceptors (Lipinski definition) is 3. The normalized spacial score (nSPS) is 10.8. The van der Waals surface area contributed by atoms with Gasteiger partial charge in [-0.15, -0.1) is 16.4 Å². The van der Waals surface area contributed by atoms with E-state index in [9.17, 15) is 0 Å². The second kappa shape index (κ2) is 1.54. The molecule has 3 nitrogen and oxygen atoms in total. The first-order chi connectivity index (χ1) is 4.36. The standard InChI is InChI=1S/C5H5N3S/c1-8-6-4-2-3-9-5(4)7-8/h2-3H,1H3. The summed E-state index contributed by atoms with van der Waals surface area (Å²) < 4.78 is 0. The van der Waals surface area contributed by atoms with Crippen molar-refractivity contribution in [3.8, 4) is 0 Å². The fourth-order valence-electron chi connectivity index (χ4n) is 0.755. The molecule has 0 aliphatic heterocycles. The van der Waals surface area contributed by atoms with E-state index in [4.69, 9.17) is 0 Å². The molecule has 9 heavy (non-hydrogen) atoms. The lowest BCUT2D eigenvalue weighted by Gasteiger charge is -1.77. The molecule has 0 N–H and O–H groups in total. The monoisotopic (exact) mass is 139 g/mol. The Morgan fingerprint density at radius 1 is 1.56 bits per heavy atom. The molecule has 0 radical (unpaired) electrons. The van der Waals surface area contributed by atoms with Gasteiger partial charge in [0, 0.05) is 7.05 Å². The van der Waals surface area contributed by atoms with E-state index in [-0.39, 0.29) is 0 Å². The fraction of sp³-hybridized carbons (Fsp3) is 0.200. The molecule has 0 saturated carbocycles. The molecule has 0 aliphatic rings. The van der Waals surface area contributed by atoms with E-state index in [1.807, 2.05) is 18.5 Å². The summed E-state index contributed by atoms with van der Waals surface area (Å²) in [4.78, 5) is 2.60. The zero-order valence-electron chi connectivity index (χ0n) is 4.90. The molecule has 0 amide bonds. The number of rotatable bonds is 0. The summed E-state index contributed by atoms with van der Waals surface area (Å²) in [6.45, 7) is 0. The van der Waals surface area contributed by atoms with Crippen LogP contribution in [0.5, 0.6) is 0 Å². The van der Waals surface area contributed by atoms with Crippen molar-refractivity contribution >= 4 is 21.7 Å². The van der Waals surface area contributed by atoms with Gasteiger partial charge >= 0.3 is 0 Å². The average molecular weight is 139 g/mol. The van der Waals surface area contributed by atoms with Crippen LogP contribution < -0.4 is 0 Å². The van der Waals surface area contributed by atoms with Crippen LogP contribution in [0.1, 0.15) is 0 Å². The van der Waals surface area contributed by atoms with Crippen molar-refractivity contribution in [2.75, 3.05) is 0 Å². The quantitative estimate of drug-likeness (QED) is 0.545. The average Bonchev–Trinajstić information content (AvgIpc) is 2.22. The molecule has 0 fully saturated rings. The van der Waals surface area contributed by atoms with Gasteiger partial charge in [-0.25, -0.2) is 0 Å². The van der Waals surface area contributed by atoms with E-state index >= 15 is 0 Å². The van der Waals surface area contributed by atoms with Crippen LogP contribution in [0.3, 0.4) is 0 Å². The molecular formula is C5H5N3S. The SMILES string of the molecule is Cn1nc2ccsc2n1. The second-order valence-corrected chi connectivity index (χ2v) is 2.70. The molecule has 0 saturated heterocycles. The van der Waals surface area contributed by atoms with Gasteiger partial charge in [-0.2, -0.15) is 9.90 Å². The highest BCUT2D eigenvalue weighted by atomic mass is 32.1. The zero-order valence-corrected chi connectivity index (χ0v) is 5.72. The Balaban J connectivity index is 2.92. The van der Waals surface area contributed by atoms with E-state index in [0.29, 0.717) is 0 Å². The Hall–Kier alpha value is -0.900. The van der Waals surface area contributed by atoms with Gasteiger partial charge in [0.1, 0.15) is 5.52 Å². The summed E-state index contributed by atoms with van der Waals surface area (Å²) in [6, 6.07) is 1.97. The summed E-state index contributed by atoms with van der Waals surface area (Å²) in [5.41, 5.74) is 0.988. The lowest BCUT2D eigenvalue weighted by Crippen LogP contribution is -1.90. The smallest absolute Gasteiger partial charge is 0.165 e. The molecule has 2 aromatic rings. The Morgan fingerprint density at radius 2 is 2.44 bits per heavy atom. The molecule has 0 aromatic carbocycles. The fourth-order valence-corrected chi connectivity index (χ4v) is 1.48. The predicted molar refractivity (Wildman–Crippen MR) is 36.4 cm³/mol. The van der Waals surface area contributed by atoms with Gasteiger partial charge in [0.05, 0.1) is 0 Å². The van der Waals surface area contributed by atoms with E-state index in [2.05, 4.69) is 10.2 Å². The van der Waals surface area contributed by atoms with Gasteiger partial charge in [-0.3, -0.25) is 0 Å². The van der Waals surface area contributed by atoms with Gasteiger partial charge in [-0.1, -0.05) is 0 Å². The molecule has 4 heteroatoms. The van der Waals surface area contributed by atoms with Crippen LogP contribution in [0, 0.1) is 0 Å². The lowest BCUT2D eigenvalue weighted by molar-refractivity contribution is 0.666. The summed E-state index contributed by atoms with van der Waals surface area (Å²) in [7, 11) is 1.83. The van der Waals surface area contributed by atoms with Crippen molar-refractivity contribution in [1.82, 2.24) is 15.0 Å². The van der Waals surface area contributed by atoms with Crippen LogP contribution in [0.15, 0.2) is 11.4 Å². The first kappa shape index (κ1) is 4.93. The van der Waals surface area contributed by atoms with Gasteiger partial charge in [0.25, 0.3) is 0 Å². The van der Waals surface area contributed by atoms with E-state index in [0.717, 1.165) is 10.3 Å². The highest BCUT2D eigenvalue weighted by molar-refractivity contribution is 7.16. The number of thiophene rings is 1. The van der Waals surface area contributed by atoms with Gasteiger partial charge in [0.15, 0.2) is 4.83 Å². The van der Waals surface area contributed by atoms with Crippen molar-refractivity contribution < 1.29 is 0 Å². The molecule has 2 aromatic heterocycles. The minimum Gasteiger partial charge on any atom is -0.186 e. The largest absolute Gasteiger partial charge is 0.186 e. The summed E-state index contributed by atoms with van der Waals surface area (Å²) in [5.74, 6) is 0. The molecule has 46 valence electrons. The number of aromatic nitrogens is 3. The minimum atomic E-state index is 0.988. The van der Waals surface area contributed by atoms with Crippen molar-refractivity contribution in [3.63, 3.8) is 0 Å². The van der Waals surface area contributed by atoms with Crippen LogP contribution >= 0.6 is 11.3 Å². The summed E-state index contributed by atoms with van der Waals surface area (Å²) >= 11 is 1.61. The van der Waals surface area contributed by atoms with Crippen molar-refractivity contribution in [3.05, 3.63) is 11.4 Å². The van der Waals surface area contributed by atoms with E-state index in [1.54, 1.807) is 16.1 Å². The van der Waals surface area contributed by atoms with E-state index in [1.165, 1.54) is 0 Å². The Kier molecular flexibility index (Phi) is 0.843. The van der Waals surface area contributed by atoms with Crippen LogP contribution in [-0.4, -0.2) is 15.0 Å². The first-order valence-electron chi connectivity index (χ1n) is 2.61. The number of fused-ring (bicyclic) bond motifs is 1. The maximum atomic E-state index is 4.10. The Bertz CT molecular complexity index is 293. The van der Waals surface area contributed by atoms with Crippen molar-refractivity contribution in [1.29, 1.82) is 0 Å². The topological polar surface area (TPSA) is 30.7 Å². The van der Waals surface area contributed by atoms with Crippen molar-refractivity contribution in [2.24, 2.45) is 7.05 Å². The van der Waals surface area contributed by atoms with Crippen LogP contribution in [-0.2, 0) is 7.05 Å². The third-order valence-corrected chi connectivity index (χ3v) is 1.90. The molecule has 0 unspecified atom stereocenters. The minimum absolute atomic E-state index is 0.988. The predicted octanol–water partition coefficient (Wildman–Crippen LogP) is 1.03. The Morgan fingerprint density at radius 3 is 3.22 bits per heavy atom. The van der Waals surface area contributed by atoms with Crippen molar-refractivity contribution in [2.45, 2.75) is 0 Å². The molecule has 0 aliphatic carbocycles.